The van der Waals surface area contributed by atoms with Crippen molar-refractivity contribution in [3.05, 3.63) is 24.3 Å². The van der Waals surface area contributed by atoms with Crippen LogP contribution in [0.2, 0.25) is 0 Å². The molecule has 0 aliphatic rings. The summed E-state index contributed by atoms with van der Waals surface area (Å²) in [6.07, 6.45) is 3.44. The Bertz CT molecular complexity index is 342. The van der Waals surface area contributed by atoms with Crippen LogP contribution >= 0.6 is 12.2 Å². The third-order valence-electron chi connectivity index (χ3n) is 2.15. The van der Waals surface area contributed by atoms with Crippen LogP contribution < -0.4 is 15.8 Å². The van der Waals surface area contributed by atoms with Gasteiger partial charge in [0.15, 0.2) is 5.11 Å². The van der Waals surface area contributed by atoms with Gasteiger partial charge >= 0.3 is 0 Å². The van der Waals surface area contributed by atoms with Gasteiger partial charge in [0, 0.05) is 0 Å². The molecule has 0 saturated heterocycles. The summed E-state index contributed by atoms with van der Waals surface area (Å²) in [7, 11) is 0. The van der Waals surface area contributed by atoms with Crippen LogP contribution in [0.15, 0.2) is 24.3 Å². The van der Waals surface area contributed by atoms with E-state index in [0.717, 1.165) is 24.5 Å². The molecule has 4 heteroatoms. The monoisotopic (exact) mass is 238 g/mol. The highest BCUT2D eigenvalue weighted by Gasteiger charge is 2.02. The molecule has 0 unspecified atom stereocenters. The smallest absolute Gasteiger partial charge is 0.168 e. The minimum atomic E-state index is 0.254. The molecule has 0 saturated carbocycles. The molecule has 1 aromatic carbocycles. The highest BCUT2D eigenvalue weighted by Crippen LogP contribution is 2.23. The van der Waals surface area contributed by atoms with Gasteiger partial charge in [-0.1, -0.05) is 31.9 Å². The lowest BCUT2D eigenvalue weighted by Gasteiger charge is -2.11. The van der Waals surface area contributed by atoms with Gasteiger partial charge in [0.05, 0.1) is 12.3 Å². The van der Waals surface area contributed by atoms with Crippen LogP contribution in [-0.4, -0.2) is 11.7 Å². The first-order valence-corrected chi connectivity index (χ1v) is 5.93. The third kappa shape index (κ3) is 4.49. The van der Waals surface area contributed by atoms with Gasteiger partial charge in [-0.05, 0) is 30.8 Å². The zero-order valence-corrected chi connectivity index (χ0v) is 10.3. The Morgan fingerprint density at radius 3 is 2.81 bits per heavy atom. The molecule has 0 aromatic heterocycles. The van der Waals surface area contributed by atoms with Gasteiger partial charge in [-0.25, -0.2) is 0 Å². The number of rotatable bonds is 6. The van der Waals surface area contributed by atoms with Crippen molar-refractivity contribution in [3.63, 3.8) is 0 Å². The summed E-state index contributed by atoms with van der Waals surface area (Å²) < 4.78 is 5.66. The summed E-state index contributed by atoms with van der Waals surface area (Å²) in [4.78, 5) is 0. The summed E-state index contributed by atoms with van der Waals surface area (Å²) in [5.74, 6) is 0.798. The van der Waals surface area contributed by atoms with Crippen molar-refractivity contribution in [2.24, 2.45) is 5.73 Å². The van der Waals surface area contributed by atoms with Gasteiger partial charge in [0.25, 0.3) is 0 Å². The SMILES string of the molecule is CCCCCOc1ccccc1NC(N)=S. The van der Waals surface area contributed by atoms with Crippen molar-refractivity contribution >= 4 is 23.0 Å². The van der Waals surface area contributed by atoms with Crippen LogP contribution in [0.1, 0.15) is 26.2 Å². The van der Waals surface area contributed by atoms with Crippen molar-refractivity contribution < 1.29 is 4.74 Å². The van der Waals surface area contributed by atoms with Crippen LogP contribution in [-0.2, 0) is 0 Å². The van der Waals surface area contributed by atoms with E-state index in [-0.39, 0.29) is 5.11 Å². The maximum Gasteiger partial charge on any atom is 0.168 e. The number of benzene rings is 1. The lowest BCUT2D eigenvalue weighted by atomic mass is 10.2. The molecule has 0 heterocycles. The number of anilines is 1. The number of nitrogens with two attached hydrogens (primary N) is 1. The van der Waals surface area contributed by atoms with Gasteiger partial charge in [-0.3, -0.25) is 0 Å². The molecule has 1 aromatic rings. The molecule has 3 nitrogen and oxygen atoms in total. The normalized spacial score (nSPS) is 9.81. The Hall–Kier alpha value is -1.29. The Labute approximate surface area is 102 Å². The zero-order chi connectivity index (χ0) is 11.8. The van der Waals surface area contributed by atoms with E-state index in [1.165, 1.54) is 12.8 Å². The standard InChI is InChI=1S/C12H18N2OS/c1-2-3-6-9-15-11-8-5-4-7-10(11)14-12(13)16/h4-5,7-8H,2-3,6,9H2,1H3,(H3,13,14,16). The number of hydrogen-bond donors (Lipinski definition) is 2. The third-order valence-corrected chi connectivity index (χ3v) is 2.25. The minimum Gasteiger partial charge on any atom is -0.491 e. The van der Waals surface area contributed by atoms with Gasteiger partial charge in [-0.15, -0.1) is 0 Å². The predicted molar refractivity (Wildman–Crippen MR) is 71.9 cm³/mol. The Kier molecular flexibility index (Phi) is 5.64. The van der Waals surface area contributed by atoms with E-state index in [4.69, 9.17) is 22.7 Å². The Morgan fingerprint density at radius 2 is 2.12 bits per heavy atom. The molecule has 0 radical (unpaired) electrons. The molecule has 16 heavy (non-hydrogen) atoms. The van der Waals surface area contributed by atoms with E-state index in [9.17, 15) is 0 Å². The second-order valence-electron chi connectivity index (χ2n) is 3.54. The van der Waals surface area contributed by atoms with Crippen LogP contribution in [0.25, 0.3) is 0 Å². The van der Waals surface area contributed by atoms with Gasteiger partial charge in [0.1, 0.15) is 5.75 Å². The van der Waals surface area contributed by atoms with Crippen LogP contribution in [0.5, 0.6) is 5.75 Å². The topological polar surface area (TPSA) is 47.3 Å². The number of hydrogen-bond acceptors (Lipinski definition) is 2. The van der Waals surface area contributed by atoms with E-state index in [1.807, 2.05) is 24.3 Å². The van der Waals surface area contributed by atoms with Crippen LogP contribution in [0.4, 0.5) is 5.69 Å². The molecule has 0 aliphatic heterocycles. The van der Waals surface area contributed by atoms with E-state index in [2.05, 4.69) is 12.2 Å². The van der Waals surface area contributed by atoms with Crippen molar-refractivity contribution in [2.45, 2.75) is 26.2 Å². The van der Waals surface area contributed by atoms with Crippen molar-refractivity contribution in [1.29, 1.82) is 0 Å². The maximum atomic E-state index is 5.66. The second kappa shape index (κ2) is 7.06. The molecule has 0 fully saturated rings. The predicted octanol–water partition coefficient (Wildman–Crippen LogP) is 2.91. The molecule has 0 bridgehead atoms. The lowest BCUT2D eigenvalue weighted by molar-refractivity contribution is 0.308. The number of nitrogens with one attached hydrogen (secondary N) is 1. The fourth-order valence-electron chi connectivity index (χ4n) is 1.36. The molecule has 0 aliphatic carbocycles. The van der Waals surface area contributed by atoms with Gasteiger partial charge in [-0.2, -0.15) is 0 Å². The first-order chi connectivity index (χ1) is 7.74. The molecule has 1 rings (SSSR count). The number of ether oxygens (including phenoxy) is 1. The average molecular weight is 238 g/mol. The Balaban J connectivity index is 2.53. The molecule has 88 valence electrons. The first-order valence-electron chi connectivity index (χ1n) is 5.52. The highest BCUT2D eigenvalue weighted by molar-refractivity contribution is 7.80. The van der Waals surface area contributed by atoms with E-state index in [0.29, 0.717) is 0 Å². The summed E-state index contributed by atoms with van der Waals surface area (Å²) in [5.41, 5.74) is 6.26. The number of unbranched alkanes of at least 4 members (excludes halogenated alkanes) is 2. The summed E-state index contributed by atoms with van der Waals surface area (Å²) >= 11 is 4.80. The van der Waals surface area contributed by atoms with E-state index >= 15 is 0 Å². The quantitative estimate of drug-likeness (QED) is 0.591. The largest absolute Gasteiger partial charge is 0.491 e. The lowest BCUT2D eigenvalue weighted by Crippen LogP contribution is -2.19. The fourth-order valence-corrected chi connectivity index (χ4v) is 1.47. The molecule has 0 amide bonds. The molecule has 0 spiro atoms. The summed E-state index contributed by atoms with van der Waals surface area (Å²) in [6, 6.07) is 7.65. The molecular formula is C12H18N2OS. The van der Waals surface area contributed by atoms with Crippen molar-refractivity contribution in [1.82, 2.24) is 0 Å². The average Bonchev–Trinajstić information content (AvgIpc) is 2.26. The summed E-state index contributed by atoms with van der Waals surface area (Å²) in [6.45, 7) is 2.90. The van der Waals surface area contributed by atoms with Gasteiger partial charge in [0.2, 0.25) is 0 Å². The molecule has 0 atom stereocenters. The first kappa shape index (κ1) is 12.8. The highest BCUT2D eigenvalue weighted by atomic mass is 32.1. The zero-order valence-electron chi connectivity index (χ0n) is 9.53. The number of thiocarbonyl (C=S) groups is 1. The summed E-state index contributed by atoms with van der Waals surface area (Å²) in [5, 5.41) is 3.15. The van der Waals surface area contributed by atoms with Crippen LogP contribution in [0, 0.1) is 0 Å². The molecular weight excluding hydrogens is 220 g/mol. The van der Waals surface area contributed by atoms with Crippen molar-refractivity contribution in [2.75, 3.05) is 11.9 Å². The van der Waals surface area contributed by atoms with Crippen molar-refractivity contribution in [3.8, 4) is 5.75 Å². The number of para-hydroxylation sites is 2. The fraction of sp³-hybridized carbons (Fsp3) is 0.417. The van der Waals surface area contributed by atoms with E-state index in [1.54, 1.807) is 0 Å². The Morgan fingerprint density at radius 1 is 1.38 bits per heavy atom. The van der Waals surface area contributed by atoms with Gasteiger partial charge < -0.3 is 15.8 Å². The maximum absolute atomic E-state index is 5.66. The molecule has 3 N–H and O–H groups in total. The minimum absolute atomic E-state index is 0.254. The second-order valence-corrected chi connectivity index (χ2v) is 3.98. The van der Waals surface area contributed by atoms with Crippen LogP contribution in [0.3, 0.4) is 0 Å². The van der Waals surface area contributed by atoms with E-state index < -0.39 is 0 Å².